The van der Waals surface area contributed by atoms with Crippen molar-refractivity contribution < 1.29 is 4.74 Å². The Balaban J connectivity index is 1.83. The van der Waals surface area contributed by atoms with Gasteiger partial charge in [-0.25, -0.2) is 4.98 Å². The molecule has 0 amide bonds. The summed E-state index contributed by atoms with van der Waals surface area (Å²) in [6.45, 7) is 2.56. The first kappa shape index (κ1) is 12.4. The van der Waals surface area contributed by atoms with E-state index in [0.717, 1.165) is 28.6 Å². The Bertz CT molecular complexity index is 737. The van der Waals surface area contributed by atoms with Crippen molar-refractivity contribution in [2.75, 3.05) is 12.4 Å². The highest BCUT2D eigenvalue weighted by Crippen LogP contribution is 2.16. The summed E-state index contributed by atoms with van der Waals surface area (Å²) in [5.41, 5.74) is 1.84. The SMILES string of the molecule is COc1cccc(CNc2nccn3c(C)nnc23)c1. The van der Waals surface area contributed by atoms with Gasteiger partial charge in [-0.2, -0.15) is 0 Å². The minimum absolute atomic E-state index is 0.649. The summed E-state index contributed by atoms with van der Waals surface area (Å²) in [6.07, 6.45) is 3.58. The van der Waals surface area contributed by atoms with Crippen LogP contribution in [0, 0.1) is 6.92 Å². The van der Waals surface area contributed by atoms with Gasteiger partial charge in [-0.05, 0) is 24.6 Å². The van der Waals surface area contributed by atoms with Crippen molar-refractivity contribution in [3.8, 4) is 5.75 Å². The Hall–Kier alpha value is -2.63. The quantitative estimate of drug-likeness (QED) is 0.785. The lowest BCUT2D eigenvalue weighted by atomic mass is 10.2. The molecule has 20 heavy (non-hydrogen) atoms. The van der Waals surface area contributed by atoms with E-state index in [1.807, 2.05) is 41.8 Å². The van der Waals surface area contributed by atoms with E-state index in [0.29, 0.717) is 6.54 Å². The lowest BCUT2D eigenvalue weighted by molar-refractivity contribution is 0.414. The Labute approximate surface area is 116 Å². The van der Waals surface area contributed by atoms with Gasteiger partial charge in [-0.15, -0.1) is 10.2 Å². The highest BCUT2D eigenvalue weighted by molar-refractivity contribution is 5.62. The molecule has 3 rings (SSSR count). The maximum atomic E-state index is 5.21. The van der Waals surface area contributed by atoms with Crippen LogP contribution in [-0.4, -0.2) is 26.7 Å². The van der Waals surface area contributed by atoms with Gasteiger partial charge in [0, 0.05) is 18.9 Å². The second kappa shape index (κ2) is 5.16. The van der Waals surface area contributed by atoms with Gasteiger partial charge in [-0.1, -0.05) is 12.1 Å². The predicted molar refractivity (Wildman–Crippen MR) is 75.8 cm³/mol. The number of fused-ring (bicyclic) bond motifs is 1. The first-order valence-corrected chi connectivity index (χ1v) is 6.31. The zero-order chi connectivity index (χ0) is 13.9. The molecule has 102 valence electrons. The van der Waals surface area contributed by atoms with Crippen LogP contribution in [0.4, 0.5) is 5.82 Å². The fourth-order valence-corrected chi connectivity index (χ4v) is 2.03. The zero-order valence-corrected chi connectivity index (χ0v) is 11.4. The fourth-order valence-electron chi connectivity index (χ4n) is 2.03. The Morgan fingerprint density at radius 3 is 3.05 bits per heavy atom. The molecule has 6 nitrogen and oxygen atoms in total. The molecule has 0 radical (unpaired) electrons. The van der Waals surface area contributed by atoms with E-state index in [4.69, 9.17) is 4.74 Å². The van der Waals surface area contributed by atoms with Crippen LogP contribution in [-0.2, 0) is 6.54 Å². The van der Waals surface area contributed by atoms with E-state index in [1.165, 1.54) is 0 Å². The summed E-state index contributed by atoms with van der Waals surface area (Å²) in [4.78, 5) is 4.31. The second-order valence-corrected chi connectivity index (χ2v) is 4.42. The third-order valence-corrected chi connectivity index (χ3v) is 3.09. The molecule has 2 heterocycles. The van der Waals surface area contributed by atoms with Crippen molar-refractivity contribution in [2.24, 2.45) is 0 Å². The molecule has 2 aromatic heterocycles. The summed E-state index contributed by atoms with van der Waals surface area (Å²) < 4.78 is 7.11. The summed E-state index contributed by atoms with van der Waals surface area (Å²) in [6, 6.07) is 7.91. The average Bonchev–Trinajstić information content (AvgIpc) is 2.88. The molecule has 0 saturated heterocycles. The standard InChI is InChI=1S/C14H15N5O/c1-10-17-18-14-13(15-6-7-19(10)14)16-9-11-4-3-5-12(8-11)20-2/h3-8H,9H2,1-2H3,(H,15,16). The normalized spacial score (nSPS) is 10.7. The van der Waals surface area contributed by atoms with Crippen LogP contribution in [0.2, 0.25) is 0 Å². The van der Waals surface area contributed by atoms with E-state index in [1.54, 1.807) is 13.3 Å². The van der Waals surface area contributed by atoms with E-state index in [2.05, 4.69) is 20.5 Å². The number of anilines is 1. The fraction of sp³-hybridized carbons (Fsp3) is 0.214. The van der Waals surface area contributed by atoms with Crippen molar-refractivity contribution in [1.82, 2.24) is 19.6 Å². The molecule has 1 aromatic carbocycles. The molecule has 0 fully saturated rings. The van der Waals surface area contributed by atoms with Gasteiger partial charge in [-0.3, -0.25) is 4.40 Å². The van der Waals surface area contributed by atoms with Crippen LogP contribution in [0.25, 0.3) is 5.65 Å². The van der Waals surface area contributed by atoms with Crippen molar-refractivity contribution in [2.45, 2.75) is 13.5 Å². The highest BCUT2D eigenvalue weighted by atomic mass is 16.5. The molecular weight excluding hydrogens is 254 g/mol. The van der Waals surface area contributed by atoms with Crippen molar-refractivity contribution >= 4 is 11.5 Å². The molecule has 0 aliphatic carbocycles. The van der Waals surface area contributed by atoms with E-state index < -0.39 is 0 Å². The number of nitrogens with zero attached hydrogens (tertiary/aromatic N) is 4. The number of ether oxygens (including phenoxy) is 1. The molecule has 0 bridgehead atoms. The number of benzene rings is 1. The number of hydrogen-bond donors (Lipinski definition) is 1. The van der Waals surface area contributed by atoms with Crippen molar-refractivity contribution in [3.63, 3.8) is 0 Å². The predicted octanol–water partition coefficient (Wildman–Crippen LogP) is 2.05. The van der Waals surface area contributed by atoms with E-state index in [9.17, 15) is 0 Å². The zero-order valence-electron chi connectivity index (χ0n) is 11.4. The molecule has 0 saturated carbocycles. The highest BCUT2D eigenvalue weighted by Gasteiger charge is 2.07. The number of aryl methyl sites for hydroxylation is 1. The Morgan fingerprint density at radius 1 is 1.30 bits per heavy atom. The van der Waals surface area contributed by atoms with Gasteiger partial charge >= 0.3 is 0 Å². The van der Waals surface area contributed by atoms with E-state index >= 15 is 0 Å². The number of aromatic nitrogens is 4. The molecule has 0 atom stereocenters. The molecule has 3 aromatic rings. The molecule has 0 spiro atoms. The van der Waals surface area contributed by atoms with Crippen molar-refractivity contribution in [3.05, 3.63) is 48.0 Å². The van der Waals surface area contributed by atoms with Gasteiger partial charge in [0.05, 0.1) is 7.11 Å². The summed E-state index contributed by atoms with van der Waals surface area (Å²) in [5, 5.41) is 11.5. The Kier molecular flexibility index (Phi) is 3.20. The van der Waals surface area contributed by atoms with Crippen LogP contribution in [0.1, 0.15) is 11.4 Å². The van der Waals surface area contributed by atoms with Gasteiger partial charge in [0.1, 0.15) is 11.6 Å². The molecule has 6 heteroatoms. The summed E-state index contributed by atoms with van der Waals surface area (Å²) in [7, 11) is 1.66. The number of nitrogens with one attached hydrogen (secondary N) is 1. The average molecular weight is 269 g/mol. The molecule has 0 unspecified atom stereocenters. The third-order valence-electron chi connectivity index (χ3n) is 3.09. The van der Waals surface area contributed by atoms with Crippen LogP contribution in [0.5, 0.6) is 5.75 Å². The van der Waals surface area contributed by atoms with Gasteiger partial charge < -0.3 is 10.1 Å². The minimum Gasteiger partial charge on any atom is -0.497 e. The molecule has 0 aliphatic rings. The number of rotatable bonds is 4. The lowest BCUT2D eigenvalue weighted by Crippen LogP contribution is -2.04. The largest absolute Gasteiger partial charge is 0.497 e. The topological polar surface area (TPSA) is 64.3 Å². The first-order chi connectivity index (χ1) is 9.78. The first-order valence-electron chi connectivity index (χ1n) is 6.31. The number of hydrogen-bond acceptors (Lipinski definition) is 5. The minimum atomic E-state index is 0.649. The molecule has 1 N–H and O–H groups in total. The molecular formula is C14H15N5O. The van der Waals surface area contributed by atoms with Crippen LogP contribution < -0.4 is 10.1 Å². The lowest BCUT2D eigenvalue weighted by Gasteiger charge is -2.07. The monoisotopic (exact) mass is 269 g/mol. The van der Waals surface area contributed by atoms with Crippen LogP contribution in [0.15, 0.2) is 36.7 Å². The smallest absolute Gasteiger partial charge is 0.203 e. The van der Waals surface area contributed by atoms with Gasteiger partial charge in [0.25, 0.3) is 0 Å². The van der Waals surface area contributed by atoms with Gasteiger partial charge in [0.2, 0.25) is 5.65 Å². The second-order valence-electron chi connectivity index (χ2n) is 4.42. The van der Waals surface area contributed by atoms with Crippen LogP contribution in [0.3, 0.4) is 0 Å². The maximum Gasteiger partial charge on any atom is 0.203 e. The maximum absolute atomic E-state index is 5.21. The van der Waals surface area contributed by atoms with E-state index in [-0.39, 0.29) is 0 Å². The molecule has 0 aliphatic heterocycles. The van der Waals surface area contributed by atoms with Gasteiger partial charge in [0.15, 0.2) is 5.82 Å². The number of methoxy groups -OCH3 is 1. The third kappa shape index (κ3) is 2.27. The summed E-state index contributed by atoms with van der Waals surface area (Å²) >= 11 is 0. The van der Waals surface area contributed by atoms with Crippen LogP contribution >= 0.6 is 0 Å². The van der Waals surface area contributed by atoms with Crippen molar-refractivity contribution in [1.29, 1.82) is 0 Å². The Morgan fingerprint density at radius 2 is 2.20 bits per heavy atom. The summed E-state index contributed by atoms with van der Waals surface area (Å²) in [5.74, 6) is 2.40.